The fraction of sp³-hybridized carbons (Fsp3) is 0.250. The normalized spacial score (nSPS) is 16.3. The largest absolute Gasteiger partial charge is 0.490 e. The maximum Gasteiger partial charge on any atom is 0.120 e. The van der Waals surface area contributed by atoms with Crippen LogP contribution in [0.5, 0.6) is 5.75 Å². The second-order valence-electron chi connectivity index (χ2n) is 4.70. The van der Waals surface area contributed by atoms with Crippen LogP contribution in [0, 0.1) is 0 Å². The molecule has 0 amide bonds. The van der Waals surface area contributed by atoms with Gasteiger partial charge in [0, 0.05) is 0 Å². The highest BCUT2D eigenvalue weighted by atomic mass is 16.5. The average Bonchev–Trinajstić information content (AvgIpc) is 3.23. The van der Waals surface area contributed by atoms with Gasteiger partial charge in [-0.2, -0.15) is 0 Å². The van der Waals surface area contributed by atoms with E-state index in [1.165, 1.54) is 0 Å². The molecular formula is C16H16O2. The van der Waals surface area contributed by atoms with Crippen molar-refractivity contribution < 1.29 is 9.84 Å². The van der Waals surface area contributed by atoms with Gasteiger partial charge in [-0.05, 0) is 36.1 Å². The highest BCUT2D eigenvalue weighted by molar-refractivity contribution is 5.35. The van der Waals surface area contributed by atoms with Crippen LogP contribution in [0.2, 0.25) is 0 Å². The molecule has 1 saturated carbocycles. The Kier molecular flexibility index (Phi) is 3.03. The van der Waals surface area contributed by atoms with Gasteiger partial charge in [0.15, 0.2) is 0 Å². The number of hydrogen-bond donors (Lipinski definition) is 1. The van der Waals surface area contributed by atoms with E-state index < -0.39 is 6.10 Å². The van der Waals surface area contributed by atoms with Crippen LogP contribution in [0.25, 0.3) is 0 Å². The number of aliphatic hydroxyl groups is 1. The molecule has 2 heteroatoms. The molecule has 3 rings (SSSR count). The first-order valence-electron chi connectivity index (χ1n) is 6.32. The minimum Gasteiger partial charge on any atom is -0.490 e. The van der Waals surface area contributed by atoms with E-state index in [4.69, 9.17) is 4.74 Å². The first-order chi connectivity index (χ1) is 8.83. The first-order valence-corrected chi connectivity index (χ1v) is 6.32. The summed E-state index contributed by atoms with van der Waals surface area (Å²) in [5, 5.41) is 10.3. The standard InChI is InChI=1S/C16H16O2/c17-16(12-5-2-1-3-6-12)13-7-4-8-15(11-13)18-14-9-10-14/h1-8,11,14,16-17H,9-10H2. The highest BCUT2D eigenvalue weighted by Crippen LogP contribution is 2.29. The molecule has 0 bridgehead atoms. The summed E-state index contributed by atoms with van der Waals surface area (Å²) in [4.78, 5) is 0. The van der Waals surface area contributed by atoms with E-state index in [0.717, 1.165) is 29.7 Å². The molecule has 92 valence electrons. The second kappa shape index (κ2) is 4.83. The predicted molar refractivity (Wildman–Crippen MR) is 70.6 cm³/mol. The van der Waals surface area contributed by atoms with Gasteiger partial charge in [0.1, 0.15) is 11.9 Å². The van der Waals surface area contributed by atoms with Crippen molar-refractivity contribution in [2.45, 2.75) is 25.0 Å². The van der Waals surface area contributed by atoms with Gasteiger partial charge in [0.25, 0.3) is 0 Å². The van der Waals surface area contributed by atoms with Crippen molar-refractivity contribution >= 4 is 0 Å². The zero-order chi connectivity index (χ0) is 12.4. The van der Waals surface area contributed by atoms with Crippen LogP contribution in [0.1, 0.15) is 30.1 Å². The lowest BCUT2D eigenvalue weighted by molar-refractivity contribution is 0.219. The van der Waals surface area contributed by atoms with E-state index in [1.54, 1.807) is 0 Å². The summed E-state index contributed by atoms with van der Waals surface area (Å²) in [6, 6.07) is 17.4. The van der Waals surface area contributed by atoms with Gasteiger partial charge >= 0.3 is 0 Å². The fourth-order valence-electron chi connectivity index (χ4n) is 1.96. The summed E-state index contributed by atoms with van der Waals surface area (Å²) in [5.41, 5.74) is 1.78. The molecule has 0 aliphatic heterocycles. The van der Waals surface area contributed by atoms with Gasteiger partial charge < -0.3 is 9.84 Å². The minimum absolute atomic E-state index is 0.383. The van der Waals surface area contributed by atoms with Crippen LogP contribution >= 0.6 is 0 Å². The molecule has 0 aromatic heterocycles. The lowest BCUT2D eigenvalue weighted by Crippen LogP contribution is -2.01. The smallest absolute Gasteiger partial charge is 0.120 e. The third-order valence-corrected chi connectivity index (χ3v) is 3.12. The molecule has 1 unspecified atom stereocenters. The van der Waals surface area contributed by atoms with E-state index >= 15 is 0 Å². The summed E-state index contributed by atoms with van der Waals surface area (Å²) < 4.78 is 5.74. The number of aliphatic hydroxyl groups excluding tert-OH is 1. The van der Waals surface area contributed by atoms with Crippen LogP contribution in [0.3, 0.4) is 0 Å². The lowest BCUT2D eigenvalue weighted by Gasteiger charge is -2.13. The average molecular weight is 240 g/mol. The topological polar surface area (TPSA) is 29.5 Å². The molecule has 18 heavy (non-hydrogen) atoms. The lowest BCUT2D eigenvalue weighted by atomic mass is 10.0. The Bertz CT molecular complexity index is 518. The summed E-state index contributed by atoms with van der Waals surface area (Å²) >= 11 is 0. The third-order valence-electron chi connectivity index (χ3n) is 3.12. The zero-order valence-electron chi connectivity index (χ0n) is 10.1. The van der Waals surface area contributed by atoms with E-state index in [0.29, 0.717) is 6.10 Å². The second-order valence-corrected chi connectivity index (χ2v) is 4.70. The zero-order valence-corrected chi connectivity index (χ0v) is 10.1. The summed E-state index contributed by atoms with van der Waals surface area (Å²) in [6.07, 6.45) is 2.08. The molecule has 0 spiro atoms. The highest BCUT2D eigenvalue weighted by Gasteiger charge is 2.23. The maximum atomic E-state index is 10.3. The molecular weight excluding hydrogens is 224 g/mol. The molecule has 1 aliphatic rings. The van der Waals surface area contributed by atoms with Gasteiger partial charge in [0.2, 0.25) is 0 Å². The molecule has 1 fully saturated rings. The molecule has 1 N–H and O–H groups in total. The third kappa shape index (κ3) is 2.54. The van der Waals surface area contributed by atoms with Crippen molar-refractivity contribution in [2.75, 3.05) is 0 Å². The molecule has 2 aromatic rings. The van der Waals surface area contributed by atoms with Gasteiger partial charge in [-0.15, -0.1) is 0 Å². The molecule has 2 nitrogen and oxygen atoms in total. The molecule has 0 heterocycles. The molecule has 0 saturated heterocycles. The van der Waals surface area contributed by atoms with Crippen LogP contribution in [0.4, 0.5) is 0 Å². The number of rotatable bonds is 4. The van der Waals surface area contributed by atoms with Crippen molar-refractivity contribution in [1.29, 1.82) is 0 Å². The van der Waals surface area contributed by atoms with E-state index in [2.05, 4.69) is 0 Å². The van der Waals surface area contributed by atoms with Crippen molar-refractivity contribution in [3.8, 4) is 5.75 Å². The van der Waals surface area contributed by atoms with Crippen LogP contribution < -0.4 is 4.74 Å². The molecule has 1 aliphatic carbocycles. The Morgan fingerprint density at radius 3 is 2.39 bits per heavy atom. The van der Waals surface area contributed by atoms with E-state index in [9.17, 15) is 5.11 Å². The van der Waals surface area contributed by atoms with Crippen molar-refractivity contribution in [1.82, 2.24) is 0 Å². The van der Waals surface area contributed by atoms with Gasteiger partial charge in [0.05, 0.1) is 6.10 Å². The Morgan fingerprint density at radius 2 is 1.67 bits per heavy atom. The Labute approximate surface area is 107 Å². The van der Waals surface area contributed by atoms with E-state index in [1.807, 2.05) is 54.6 Å². The molecule has 2 aromatic carbocycles. The van der Waals surface area contributed by atoms with Crippen molar-refractivity contribution in [3.63, 3.8) is 0 Å². The summed E-state index contributed by atoms with van der Waals surface area (Å²) in [7, 11) is 0. The Hall–Kier alpha value is -1.80. The summed E-state index contributed by atoms with van der Waals surface area (Å²) in [6.45, 7) is 0. The maximum absolute atomic E-state index is 10.3. The quantitative estimate of drug-likeness (QED) is 0.888. The van der Waals surface area contributed by atoms with Gasteiger partial charge in [-0.1, -0.05) is 42.5 Å². The van der Waals surface area contributed by atoms with Crippen molar-refractivity contribution in [3.05, 3.63) is 65.7 Å². The Morgan fingerprint density at radius 1 is 0.944 bits per heavy atom. The van der Waals surface area contributed by atoms with Crippen LogP contribution in [-0.4, -0.2) is 11.2 Å². The fourth-order valence-corrected chi connectivity index (χ4v) is 1.96. The molecule has 1 atom stereocenters. The summed E-state index contributed by atoms with van der Waals surface area (Å²) in [5.74, 6) is 0.852. The number of ether oxygens (including phenoxy) is 1. The van der Waals surface area contributed by atoms with Crippen LogP contribution in [-0.2, 0) is 0 Å². The Balaban J connectivity index is 1.82. The van der Waals surface area contributed by atoms with Crippen molar-refractivity contribution in [2.24, 2.45) is 0 Å². The first kappa shape index (κ1) is 11.3. The van der Waals surface area contributed by atoms with Crippen LogP contribution in [0.15, 0.2) is 54.6 Å². The molecule has 0 radical (unpaired) electrons. The minimum atomic E-state index is -0.589. The van der Waals surface area contributed by atoms with Gasteiger partial charge in [-0.3, -0.25) is 0 Å². The predicted octanol–water partition coefficient (Wildman–Crippen LogP) is 3.31. The number of benzene rings is 2. The van der Waals surface area contributed by atoms with E-state index in [-0.39, 0.29) is 0 Å². The number of hydrogen-bond acceptors (Lipinski definition) is 2. The monoisotopic (exact) mass is 240 g/mol. The SMILES string of the molecule is OC(c1ccccc1)c1cccc(OC2CC2)c1. The van der Waals surface area contributed by atoms with Gasteiger partial charge in [-0.25, -0.2) is 0 Å².